The molecule has 0 saturated carbocycles. The molecule has 7 heteroatoms. The van der Waals surface area contributed by atoms with Crippen LogP contribution in [0.1, 0.15) is 90.9 Å². The van der Waals surface area contributed by atoms with Gasteiger partial charge in [0.25, 0.3) is 0 Å². The lowest BCUT2D eigenvalue weighted by molar-refractivity contribution is -0.459. The minimum Gasteiger partial charge on any atom is -0.354 e. The van der Waals surface area contributed by atoms with E-state index in [2.05, 4.69) is 29.5 Å². The zero-order valence-corrected chi connectivity index (χ0v) is 17.4. The monoisotopic (exact) mass is 384 g/mol. The lowest BCUT2D eigenvalue weighted by atomic mass is 10.1. The first-order chi connectivity index (χ1) is 13.0. The maximum absolute atomic E-state index is 12.5. The molecule has 1 unspecified atom stereocenters. The molecule has 0 aromatic rings. The first-order valence-corrected chi connectivity index (χ1v) is 10.7. The number of nitrogens with one attached hydrogen (secondary N) is 3. The average Bonchev–Trinajstić information content (AvgIpc) is 2.63. The van der Waals surface area contributed by atoms with Crippen molar-refractivity contribution in [2.24, 2.45) is 11.5 Å². The van der Waals surface area contributed by atoms with Gasteiger partial charge in [-0.1, -0.05) is 58.8 Å². The molecule has 0 fully saturated rings. The Kier molecular flexibility index (Phi) is 16.4. The molecule has 0 radical (unpaired) electrons. The summed E-state index contributed by atoms with van der Waals surface area (Å²) in [5.74, 6) is 0.0223. The van der Waals surface area contributed by atoms with E-state index in [9.17, 15) is 9.59 Å². The molecule has 7 nitrogen and oxygen atoms in total. The van der Waals surface area contributed by atoms with E-state index in [1.807, 2.05) is 0 Å². The number of guanidine groups is 1. The van der Waals surface area contributed by atoms with Crippen LogP contribution in [0.3, 0.4) is 0 Å². The van der Waals surface area contributed by atoms with Gasteiger partial charge in [0.15, 0.2) is 0 Å². The second-order valence-corrected chi connectivity index (χ2v) is 7.16. The molecule has 0 saturated heterocycles. The molecule has 2 amide bonds. The van der Waals surface area contributed by atoms with Crippen molar-refractivity contribution in [1.29, 1.82) is 0 Å². The van der Waals surface area contributed by atoms with Gasteiger partial charge in [-0.15, -0.1) is 0 Å². The van der Waals surface area contributed by atoms with E-state index in [4.69, 9.17) is 11.5 Å². The zero-order chi connectivity index (χ0) is 20.3. The largest absolute Gasteiger partial charge is 0.354 e. The summed E-state index contributed by atoms with van der Waals surface area (Å²) in [5.41, 5.74) is 10.8. The predicted octanol–water partition coefficient (Wildman–Crippen LogP) is 0.662. The third kappa shape index (κ3) is 16.1. The number of hydrogen-bond acceptors (Lipinski definition) is 2. The van der Waals surface area contributed by atoms with Crippen LogP contribution in [-0.2, 0) is 9.59 Å². The molecule has 0 aromatic heterocycles. The van der Waals surface area contributed by atoms with Gasteiger partial charge in [0.1, 0.15) is 6.04 Å². The molecule has 0 aliphatic heterocycles. The van der Waals surface area contributed by atoms with Crippen LogP contribution in [0.5, 0.6) is 0 Å². The van der Waals surface area contributed by atoms with Gasteiger partial charge >= 0.3 is 5.96 Å². The van der Waals surface area contributed by atoms with Crippen LogP contribution in [-0.4, -0.2) is 36.9 Å². The summed E-state index contributed by atoms with van der Waals surface area (Å²) in [6.07, 6.45) is 11.6. The van der Waals surface area contributed by atoms with Gasteiger partial charge in [-0.05, 0) is 25.7 Å². The van der Waals surface area contributed by atoms with Crippen LogP contribution in [0.2, 0.25) is 0 Å². The van der Waals surface area contributed by atoms with Crippen LogP contribution < -0.4 is 27.1 Å². The first kappa shape index (κ1) is 25.2. The SMILES string of the molecule is CCCCCCCC(=O)NC(CCC[NH+]=C(N)N)C(=O)NCCCCCC. The maximum atomic E-state index is 12.5. The third-order valence-corrected chi connectivity index (χ3v) is 4.49. The molecule has 1 atom stereocenters. The van der Waals surface area contributed by atoms with Gasteiger partial charge in [-0.2, -0.15) is 0 Å². The van der Waals surface area contributed by atoms with Gasteiger partial charge in [0.05, 0.1) is 6.54 Å². The van der Waals surface area contributed by atoms with E-state index < -0.39 is 6.04 Å². The lowest BCUT2D eigenvalue weighted by Crippen LogP contribution is -2.78. The third-order valence-electron chi connectivity index (χ3n) is 4.49. The molecular weight excluding hydrogens is 342 g/mol. The Morgan fingerprint density at radius 1 is 0.889 bits per heavy atom. The Morgan fingerprint density at radius 2 is 1.52 bits per heavy atom. The molecule has 0 rings (SSSR count). The number of rotatable bonds is 17. The Hall–Kier alpha value is -1.79. The summed E-state index contributed by atoms with van der Waals surface area (Å²) >= 11 is 0. The normalized spacial score (nSPS) is 11.6. The standard InChI is InChI=1S/C20H41N5O2/c1-3-5-7-9-10-14-18(26)25-17(13-12-16-24-20(21)22)19(27)23-15-11-8-6-4-2/h17H,3-16H2,1-2H3,(H,23,27)(H,25,26)(H4,21,22,24)/p+1. The fourth-order valence-corrected chi connectivity index (χ4v) is 2.85. The number of unbranched alkanes of at least 4 members (excludes halogenated alkanes) is 7. The summed E-state index contributed by atoms with van der Waals surface area (Å²) in [6.45, 7) is 5.56. The molecule has 27 heavy (non-hydrogen) atoms. The van der Waals surface area contributed by atoms with Crippen molar-refractivity contribution in [2.75, 3.05) is 13.1 Å². The van der Waals surface area contributed by atoms with Crippen molar-refractivity contribution in [3.63, 3.8) is 0 Å². The second kappa shape index (κ2) is 17.6. The molecule has 0 aliphatic rings. The lowest BCUT2D eigenvalue weighted by Gasteiger charge is -2.18. The van der Waals surface area contributed by atoms with Crippen LogP contribution >= 0.6 is 0 Å². The van der Waals surface area contributed by atoms with Crippen LogP contribution in [0.4, 0.5) is 0 Å². The highest BCUT2D eigenvalue weighted by Crippen LogP contribution is 2.06. The van der Waals surface area contributed by atoms with Crippen LogP contribution in [0, 0.1) is 0 Å². The van der Waals surface area contributed by atoms with Crippen molar-refractivity contribution in [3.05, 3.63) is 0 Å². The Balaban J connectivity index is 4.34. The summed E-state index contributed by atoms with van der Waals surface area (Å²) in [7, 11) is 0. The van der Waals surface area contributed by atoms with Gasteiger partial charge in [-0.3, -0.25) is 26.0 Å². The van der Waals surface area contributed by atoms with E-state index in [0.717, 1.165) is 32.1 Å². The van der Waals surface area contributed by atoms with Crippen molar-refractivity contribution in [1.82, 2.24) is 10.6 Å². The van der Waals surface area contributed by atoms with E-state index in [1.165, 1.54) is 25.7 Å². The summed E-state index contributed by atoms with van der Waals surface area (Å²) < 4.78 is 0. The molecule has 0 aliphatic carbocycles. The highest BCUT2D eigenvalue weighted by molar-refractivity contribution is 5.87. The Labute approximate surface area is 165 Å². The van der Waals surface area contributed by atoms with Gasteiger partial charge in [-0.25, -0.2) is 0 Å². The topological polar surface area (TPSA) is 124 Å². The number of hydrogen-bond donors (Lipinski definition) is 5. The second-order valence-electron chi connectivity index (χ2n) is 7.16. The minimum absolute atomic E-state index is 0.0458. The molecule has 7 N–H and O–H groups in total. The highest BCUT2D eigenvalue weighted by atomic mass is 16.2. The molecular formula is C20H42N5O2+. The molecule has 0 aromatic carbocycles. The van der Waals surface area contributed by atoms with Crippen molar-refractivity contribution < 1.29 is 14.6 Å². The van der Waals surface area contributed by atoms with Crippen LogP contribution in [0.25, 0.3) is 0 Å². The predicted molar refractivity (Wildman–Crippen MR) is 111 cm³/mol. The Bertz CT molecular complexity index is 423. The smallest absolute Gasteiger partial charge is 0.338 e. The Morgan fingerprint density at radius 3 is 2.15 bits per heavy atom. The van der Waals surface area contributed by atoms with E-state index in [-0.39, 0.29) is 17.8 Å². The summed E-state index contributed by atoms with van der Waals surface area (Å²) in [5, 5.41) is 5.85. The molecule has 0 heterocycles. The van der Waals surface area contributed by atoms with Gasteiger partial charge in [0, 0.05) is 13.0 Å². The maximum Gasteiger partial charge on any atom is 0.338 e. The quantitative estimate of drug-likeness (QED) is 0.144. The summed E-state index contributed by atoms with van der Waals surface area (Å²) in [4.78, 5) is 27.5. The number of carbonyl (C=O) groups excluding carboxylic acids is 2. The zero-order valence-electron chi connectivity index (χ0n) is 17.4. The fraction of sp³-hybridized carbons (Fsp3) is 0.850. The molecule has 158 valence electrons. The number of nitrogens with two attached hydrogens (primary N) is 2. The van der Waals surface area contributed by atoms with E-state index >= 15 is 0 Å². The molecule has 0 spiro atoms. The van der Waals surface area contributed by atoms with E-state index in [1.54, 1.807) is 0 Å². The van der Waals surface area contributed by atoms with Crippen LogP contribution in [0.15, 0.2) is 0 Å². The molecule has 0 bridgehead atoms. The van der Waals surface area contributed by atoms with Crippen molar-refractivity contribution >= 4 is 17.8 Å². The van der Waals surface area contributed by atoms with Crippen molar-refractivity contribution in [3.8, 4) is 0 Å². The summed E-state index contributed by atoms with van der Waals surface area (Å²) in [6, 6.07) is -0.500. The number of amides is 2. The number of carbonyl (C=O) groups is 2. The highest BCUT2D eigenvalue weighted by Gasteiger charge is 2.19. The van der Waals surface area contributed by atoms with Gasteiger partial charge < -0.3 is 10.6 Å². The fourth-order valence-electron chi connectivity index (χ4n) is 2.85. The van der Waals surface area contributed by atoms with Gasteiger partial charge in [0.2, 0.25) is 11.8 Å². The van der Waals surface area contributed by atoms with E-state index in [0.29, 0.717) is 32.4 Å². The minimum atomic E-state index is -0.500. The average molecular weight is 385 g/mol. The van der Waals surface area contributed by atoms with Crippen molar-refractivity contribution in [2.45, 2.75) is 96.9 Å². The first-order valence-electron chi connectivity index (χ1n) is 10.7.